The van der Waals surface area contributed by atoms with Crippen LogP contribution in [0.4, 0.5) is 11.4 Å². The molecule has 0 unspecified atom stereocenters. The van der Waals surface area contributed by atoms with E-state index in [1.54, 1.807) is 11.4 Å². The van der Waals surface area contributed by atoms with E-state index < -0.39 is 10.0 Å². The van der Waals surface area contributed by atoms with Gasteiger partial charge in [-0.25, -0.2) is 8.42 Å². The molecule has 0 atom stereocenters. The summed E-state index contributed by atoms with van der Waals surface area (Å²) in [7, 11) is -3.62. The van der Waals surface area contributed by atoms with Gasteiger partial charge in [0.15, 0.2) is 11.5 Å². The lowest BCUT2D eigenvalue weighted by Crippen LogP contribution is -2.12. The molecule has 1 aliphatic rings. The molecule has 19 heavy (non-hydrogen) atoms. The van der Waals surface area contributed by atoms with Gasteiger partial charge in [0.2, 0.25) is 6.79 Å². The van der Waals surface area contributed by atoms with Crippen LogP contribution in [0.25, 0.3) is 0 Å². The summed E-state index contributed by atoms with van der Waals surface area (Å²) in [5.74, 6) is 0.981. The summed E-state index contributed by atoms with van der Waals surface area (Å²) in [6.07, 6.45) is 0. The molecule has 100 valence electrons. The second kappa shape index (κ2) is 4.32. The summed E-state index contributed by atoms with van der Waals surface area (Å²) in [6, 6.07) is 6.25. The first-order valence-corrected chi connectivity index (χ1v) is 7.68. The molecule has 0 saturated heterocycles. The number of rotatable bonds is 3. The Bertz CT molecular complexity index is 711. The van der Waals surface area contributed by atoms with Gasteiger partial charge in [-0.2, -0.15) is 0 Å². The first-order chi connectivity index (χ1) is 9.06. The predicted octanol–water partition coefficient (Wildman–Crippen LogP) is 1.86. The van der Waals surface area contributed by atoms with E-state index in [-0.39, 0.29) is 22.4 Å². The lowest BCUT2D eigenvalue weighted by atomic mass is 10.2. The van der Waals surface area contributed by atoms with E-state index in [0.717, 1.165) is 11.3 Å². The Labute approximate surface area is 113 Å². The number of nitrogen functional groups attached to an aromatic ring is 1. The van der Waals surface area contributed by atoms with Gasteiger partial charge in [0.05, 0.1) is 11.4 Å². The van der Waals surface area contributed by atoms with Gasteiger partial charge < -0.3 is 15.2 Å². The first kappa shape index (κ1) is 12.1. The Morgan fingerprint density at radius 3 is 2.68 bits per heavy atom. The van der Waals surface area contributed by atoms with Crippen LogP contribution >= 0.6 is 11.3 Å². The smallest absolute Gasteiger partial charge is 0.271 e. The molecule has 3 rings (SSSR count). The fourth-order valence-corrected chi connectivity index (χ4v) is 3.73. The topological polar surface area (TPSA) is 90.7 Å². The molecule has 0 aliphatic carbocycles. The van der Waals surface area contributed by atoms with Gasteiger partial charge in [-0.1, -0.05) is 6.07 Å². The highest BCUT2D eigenvalue weighted by atomic mass is 32.2. The van der Waals surface area contributed by atoms with E-state index in [2.05, 4.69) is 4.72 Å². The van der Waals surface area contributed by atoms with Gasteiger partial charge in [-0.05, 0) is 11.4 Å². The van der Waals surface area contributed by atoms with E-state index in [1.807, 2.05) is 0 Å². The summed E-state index contributed by atoms with van der Waals surface area (Å²) < 4.78 is 37.2. The van der Waals surface area contributed by atoms with Crippen LogP contribution in [0.5, 0.6) is 11.5 Å². The van der Waals surface area contributed by atoms with Crippen molar-refractivity contribution in [2.45, 2.75) is 4.21 Å². The predicted molar refractivity (Wildman–Crippen MR) is 72.1 cm³/mol. The summed E-state index contributed by atoms with van der Waals surface area (Å²) in [5.41, 5.74) is 6.35. The highest BCUT2D eigenvalue weighted by molar-refractivity contribution is 7.94. The molecule has 3 N–H and O–H groups in total. The van der Waals surface area contributed by atoms with E-state index in [4.69, 9.17) is 15.2 Å². The highest BCUT2D eigenvalue weighted by Gasteiger charge is 2.20. The number of fused-ring (bicyclic) bond motifs is 1. The Morgan fingerprint density at radius 1 is 1.26 bits per heavy atom. The van der Waals surface area contributed by atoms with Crippen molar-refractivity contribution in [3.63, 3.8) is 0 Å². The van der Waals surface area contributed by atoms with Crippen molar-refractivity contribution in [2.75, 3.05) is 17.2 Å². The Kier molecular flexibility index (Phi) is 2.76. The maximum Gasteiger partial charge on any atom is 0.271 e. The number of hydrogen-bond donors (Lipinski definition) is 2. The Morgan fingerprint density at radius 2 is 2.00 bits per heavy atom. The molecule has 2 aromatic rings. The van der Waals surface area contributed by atoms with Crippen LogP contribution in [0.2, 0.25) is 0 Å². The molecule has 2 heterocycles. The van der Waals surface area contributed by atoms with E-state index in [0.29, 0.717) is 11.5 Å². The quantitative estimate of drug-likeness (QED) is 0.844. The number of anilines is 2. The molecule has 0 amide bonds. The van der Waals surface area contributed by atoms with Gasteiger partial charge >= 0.3 is 0 Å². The molecule has 0 saturated carbocycles. The Balaban J connectivity index is 1.96. The molecular formula is C11H10N2O4S2. The van der Waals surface area contributed by atoms with Crippen molar-refractivity contribution in [1.82, 2.24) is 0 Å². The van der Waals surface area contributed by atoms with Gasteiger partial charge in [-0.15, -0.1) is 11.3 Å². The van der Waals surface area contributed by atoms with Crippen molar-refractivity contribution in [3.05, 3.63) is 29.6 Å². The summed E-state index contributed by atoms with van der Waals surface area (Å²) >= 11 is 1.13. The standard InChI is InChI=1S/C11H10N2O4S2/c12-7-4-9-10(17-6-16-9)5-8(7)13-19(14,15)11-2-1-3-18-11/h1-5,13H,6,12H2. The zero-order valence-corrected chi connectivity index (χ0v) is 11.3. The van der Waals surface area contributed by atoms with E-state index >= 15 is 0 Å². The maximum atomic E-state index is 12.1. The zero-order chi connectivity index (χ0) is 13.5. The average molecular weight is 298 g/mol. The van der Waals surface area contributed by atoms with Crippen molar-refractivity contribution >= 4 is 32.7 Å². The molecule has 6 nitrogen and oxygen atoms in total. The first-order valence-electron chi connectivity index (χ1n) is 5.32. The van der Waals surface area contributed by atoms with Gasteiger partial charge in [0.1, 0.15) is 4.21 Å². The molecule has 0 spiro atoms. The lowest BCUT2D eigenvalue weighted by molar-refractivity contribution is 0.174. The van der Waals surface area contributed by atoms with Crippen LogP contribution in [-0.4, -0.2) is 15.2 Å². The molecule has 0 radical (unpaired) electrons. The van der Waals surface area contributed by atoms with Crippen LogP contribution < -0.4 is 19.9 Å². The summed E-state index contributed by atoms with van der Waals surface area (Å²) in [4.78, 5) is 0. The SMILES string of the molecule is Nc1cc2c(cc1NS(=O)(=O)c1cccs1)OCO2. The monoisotopic (exact) mass is 298 g/mol. The lowest BCUT2D eigenvalue weighted by Gasteiger charge is -2.10. The molecule has 0 bridgehead atoms. The number of thiophene rings is 1. The molecule has 8 heteroatoms. The van der Waals surface area contributed by atoms with Crippen molar-refractivity contribution in [1.29, 1.82) is 0 Å². The third-order valence-electron chi connectivity index (χ3n) is 2.55. The zero-order valence-electron chi connectivity index (χ0n) is 9.62. The number of ether oxygens (including phenoxy) is 2. The van der Waals surface area contributed by atoms with Crippen molar-refractivity contribution in [2.24, 2.45) is 0 Å². The second-order valence-corrected chi connectivity index (χ2v) is 6.69. The highest BCUT2D eigenvalue weighted by Crippen LogP contribution is 2.39. The third kappa shape index (κ3) is 2.20. The minimum absolute atomic E-state index is 0.107. The second-order valence-electron chi connectivity index (χ2n) is 3.83. The number of sulfonamides is 1. The summed E-state index contributed by atoms with van der Waals surface area (Å²) in [5, 5.41) is 1.69. The number of benzene rings is 1. The van der Waals surface area contributed by atoms with E-state index in [1.165, 1.54) is 18.2 Å². The van der Waals surface area contributed by atoms with Crippen LogP contribution in [-0.2, 0) is 10.0 Å². The number of nitrogens with one attached hydrogen (secondary N) is 1. The molecule has 1 aromatic carbocycles. The van der Waals surface area contributed by atoms with Crippen LogP contribution in [0.1, 0.15) is 0 Å². The number of hydrogen-bond acceptors (Lipinski definition) is 6. The largest absolute Gasteiger partial charge is 0.454 e. The van der Waals surface area contributed by atoms with Gasteiger partial charge in [0.25, 0.3) is 10.0 Å². The minimum atomic E-state index is -3.62. The molecule has 1 aliphatic heterocycles. The average Bonchev–Trinajstić information content (AvgIpc) is 2.98. The number of nitrogens with two attached hydrogens (primary N) is 1. The van der Waals surface area contributed by atoms with Crippen molar-refractivity contribution in [3.8, 4) is 11.5 Å². The fraction of sp³-hybridized carbons (Fsp3) is 0.0909. The minimum Gasteiger partial charge on any atom is -0.454 e. The maximum absolute atomic E-state index is 12.1. The van der Waals surface area contributed by atoms with Gasteiger partial charge in [-0.3, -0.25) is 4.72 Å². The van der Waals surface area contributed by atoms with Crippen molar-refractivity contribution < 1.29 is 17.9 Å². The molecular weight excluding hydrogens is 288 g/mol. The van der Waals surface area contributed by atoms with Crippen LogP contribution in [0.3, 0.4) is 0 Å². The van der Waals surface area contributed by atoms with Crippen LogP contribution in [0, 0.1) is 0 Å². The Hall–Kier alpha value is -1.93. The third-order valence-corrected chi connectivity index (χ3v) is 5.31. The summed E-state index contributed by atoms with van der Waals surface area (Å²) in [6.45, 7) is 0.107. The molecule has 1 aromatic heterocycles. The van der Waals surface area contributed by atoms with E-state index in [9.17, 15) is 8.42 Å². The fourth-order valence-electron chi connectivity index (χ4n) is 1.66. The van der Waals surface area contributed by atoms with Gasteiger partial charge in [0, 0.05) is 12.1 Å². The molecule has 0 fully saturated rings. The van der Waals surface area contributed by atoms with Crippen LogP contribution in [0.15, 0.2) is 33.9 Å². The normalized spacial score (nSPS) is 13.5.